The van der Waals surface area contributed by atoms with E-state index in [1.807, 2.05) is 12.5 Å². The Balaban J connectivity index is 0.000000393. The van der Waals surface area contributed by atoms with Crippen molar-refractivity contribution in [3.8, 4) is 11.1 Å². The normalized spacial score (nSPS) is 13.7. The fourth-order valence-corrected chi connectivity index (χ4v) is 4.36. The molecule has 3 aromatic carbocycles. The number of benzene rings is 3. The Hall–Kier alpha value is -3.02. The molecule has 0 fully saturated rings. The monoisotopic (exact) mass is 420 g/mol. The van der Waals surface area contributed by atoms with Crippen molar-refractivity contribution < 1.29 is 19.2 Å². The lowest BCUT2D eigenvalue weighted by molar-refractivity contribution is 0.275. The minimum absolute atomic E-state index is 0.380. The van der Waals surface area contributed by atoms with Gasteiger partial charge < -0.3 is 19.2 Å². The topological polar surface area (TPSA) is 95.6 Å². The van der Waals surface area contributed by atoms with E-state index < -0.39 is 7.82 Å². The third-order valence-corrected chi connectivity index (χ3v) is 5.35. The molecule has 0 atom stereocenters. The summed E-state index contributed by atoms with van der Waals surface area (Å²) in [6.07, 6.45) is 5.88. The average molecular weight is 420 g/mol. The molecular weight excluding hydrogens is 399 g/mol. The zero-order valence-corrected chi connectivity index (χ0v) is 17.1. The summed E-state index contributed by atoms with van der Waals surface area (Å²) in [4.78, 5) is 25.9. The van der Waals surface area contributed by atoms with Crippen LogP contribution in [-0.2, 0) is 10.1 Å². The first-order valence-electron chi connectivity index (χ1n) is 9.35. The van der Waals surface area contributed by atoms with Gasteiger partial charge in [0.1, 0.15) is 5.54 Å². The number of fused-ring (bicyclic) bond motifs is 3. The van der Waals surface area contributed by atoms with Crippen LogP contribution in [0.4, 0.5) is 0 Å². The average Bonchev–Trinajstić information content (AvgIpc) is 3.33. The van der Waals surface area contributed by atoms with Crippen molar-refractivity contribution in [2.24, 2.45) is 0 Å². The summed E-state index contributed by atoms with van der Waals surface area (Å²) >= 11 is 0. The molecule has 0 saturated heterocycles. The van der Waals surface area contributed by atoms with Gasteiger partial charge in [-0.3, -0.25) is 0 Å². The molecule has 152 valence electrons. The predicted molar refractivity (Wildman–Crippen MR) is 115 cm³/mol. The number of imidazole rings is 1. The van der Waals surface area contributed by atoms with E-state index >= 15 is 0 Å². The standard InChI is InChI=1S/C23H18N2.H3O4P/c1-17-8-2-5-11-20(17)23(25-15-14-24-16-25)21-12-6-3-9-18(21)19-10-4-7-13-22(19)23;1-5(2,3)4/h2-16H,1H3;(H3,1,2,3,4). The molecular formula is C23H21N2O4P. The highest BCUT2D eigenvalue weighted by Gasteiger charge is 2.46. The van der Waals surface area contributed by atoms with Crippen LogP contribution < -0.4 is 0 Å². The van der Waals surface area contributed by atoms with Crippen molar-refractivity contribution in [2.45, 2.75) is 12.5 Å². The molecule has 0 spiro atoms. The van der Waals surface area contributed by atoms with Crippen molar-refractivity contribution in [1.29, 1.82) is 0 Å². The highest BCUT2D eigenvalue weighted by atomic mass is 31.2. The van der Waals surface area contributed by atoms with Gasteiger partial charge in [-0.1, -0.05) is 72.8 Å². The van der Waals surface area contributed by atoms with Crippen LogP contribution >= 0.6 is 7.82 Å². The summed E-state index contributed by atoms with van der Waals surface area (Å²) in [7, 11) is -4.64. The third kappa shape index (κ3) is 3.40. The van der Waals surface area contributed by atoms with Gasteiger partial charge in [0, 0.05) is 12.4 Å². The first kappa shape index (κ1) is 20.3. The number of aryl methyl sites for hydroxylation is 1. The predicted octanol–water partition coefficient (Wildman–Crippen LogP) is 4.08. The fraction of sp³-hybridized carbons (Fsp3) is 0.0870. The molecule has 0 saturated carbocycles. The van der Waals surface area contributed by atoms with Gasteiger partial charge in [0.15, 0.2) is 0 Å². The molecule has 6 nitrogen and oxygen atoms in total. The zero-order chi connectivity index (χ0) is 21.4. The van der Waals surface area contributed by atoms with Crippen molar-refractivity contribution >= 4 is 7.82 Å². The highest BCUT2D eigenvalue weighted by Crippen LogP contribution is 2.53. The molecule has 1 heterocycles. The van der Waals surface area contributed by atoms with Gasteiger partial charge in [0.05, 0.1) is 6.33 Å². The smallest absolute Gasteiger partial charge is 0.319 e. The van der Waals surface area contributed by atoms with Crippen LogP contribution in [0.25, 0.3) is 11.1 Å². The van der Waals surface area contributed by atoms with Crippen LogP contribution in [0.3, 0.4) is 0 Å². The molecule has 30 heavy (non-hydrogen) atoms. The molecule has 0 aliphatic heterocycles. The Morgan fingerprint density at radius 2 is 1.27 bits per heavy atom. The Morgan fingerprint density at radius 3 is 1.73 bits per heavy atom. The molecule has 5 rings (SSSR count). The number of aromatic nitrogens is 2. The second-order valence-electron chi connectivity index (χ2n) is 7.10. The van der Waals surface area contributed by atoms with Gasteiger partial charge in [-0.2, -0.15) is 0 Å². The molecule has 0 bridgehead atoms. The Bertz CT molecular complexity index is 1180. The van der Waals surface area contributed by atoms with E-state index in [-0.39, 0.29) is 5.54 Å². The lowest BCUT2D eigenvalue weighted by Gasteiger charge is -2.35. The van der Waals surface area contributed by atoms with E-state index in [9.17, 15) is 0 Å². The first-order valence-corrected chi connectivity index (χ1v) is 10.9. The van der Waals surface area contributed by atoms with Crippen molar-refractivity contribution in [3.05, 3.63) is 114 Å². The van der Waals surface area contributed by atoms with E-state index in [1.165, 1.54) is 33.4 Å². The lowest BCUT2D eigenvalue weighted by Crippen LogP contribution is -2.35. The van der Waals surface area contributed by atoms with Crippen LogP contribution in [0.1, 0.15) is 22.3 Å². The molecule has 7 heteroatoms. The van der Waals surface area contributed by atoms with E-state index in [0.717, 1.165) is 0 Å². The number of nitrogens with zero attached hydrogens (tertiary/aromatic N) is 2. The zero-order valence-electron chi connectivity index (χ0n) is 16.3. The first-order chi connectivity index (χ1) is 14.3. The van der Waals surface area contributed by atoms with Crippen LogP contribution in [0.5, 0.6) is 0 Å². The minimum atomic E-state index is -4.64. The van der Waals surface area contributed by atoms with E-state index in [4.69, 9.17) is 19.2 Å². The molecule has 1 aromatic heterocycles. The fourth-order valence-electron chi connectivity index (χ4n) is 4.36. The molecule has 3 N–H and O–H groups in total. The number of hydrogen-bond donors (Lipinski definition) is 3. The maximum absolute atomic E-state index is 8.88. The summed E-state index contributed by atoms with van der Waals surface area (Å²) in [5.41, 5.74) is 7.42. The third-order valence-electron chi connectivity index (χ3n) is 5.35. The van der Waals surface area contributed by atoms with E-state index in [0.29, 0.717) is 0 Å². The van der Waals surface area contributed by atoms with Crippen molar-refractivity contribution in [2.75, 3.05) is 0 Å². The largest absolute Gasteiger partial charge is 0.466 e. The Labute approximate surface area is 174 Å². The van der Waals surface area contributed by atoms with Gasteiger partial charge in [0.25, 0.3) is 0 Å². The van der Waals surface area contributed by atoms with E-state index in [1.54, 1.807) is 0 Å². The quantitative estimate of drug-likeness (QED) is 0.374. The molecule has 0 radical (unpaired) electrons. The highest BCUT2D eigenvalue weighted by molar-refractivity contribution is 7.45. The van der Waals surface area contributed by atoms with E-state index in [2.05, 4.69) is 95.5 Å². The summed E-state index contributed by atoms with van der Waals surface area (Å²) < 4.78 is 11.1. The molecule has 0 amide bonds. The van der Waals surface area contributed by atoms with Crippen LogP contribution in [0.2, 0.25) is 0 Å². The SMILES string of the molecule is Cc1ccccc1C1(n2ccnc2)c2ccccc2-c2ccccc21.O=P(O)(O)O. The molecule has 0 unspecified atom stereocenters. The summed E-state index contributed by atoms with van der Waals surface area (Å²) in [6, 6.07) is 26.1. The number of rotatable bonds is 2. The number of phosphoric acid groups is 1. The van der Waals surface area contributed by atoms with Gasteiger partial charge in [-0.15, -0.1) is 0 Å². The second-order valence-corrected chi connectivity index (χ2v) is 8.13. The van der Waals surface area contributed by atoms with Gasteiger partial charge in [0.2, 0.25) is 0 Å². The van der Waals surface area contributed by atoms with Gasteiger partial charge >= 0.3 is 7.82 Å². The Kier molecular flexibility index (Phi) is 5.18. The number of hydrogen-bond acceptors (Lipinski definition) is 2. The second kappa shape index (κ2) is 7.67. The van der Waals surface area contributed by atoms with Crippen molar-refractivity contribution in [1.82, 2.24) is 9.55 Å². The van der Waals surface area contributed by atoms with Crippen LogP contribution in [0.15, 0.2) is 91.5 Å². The summed E-state index contributed by atoms with van der Waals surface area (Å²) in [5, 5.41) is 0. The molecule has 1 aliphatic rings. The Morgan fingerprint density at radius 1 is 0.800 bits per heavy atom. The van der Waals surface area contributed by atoms with Gasteiger partial charge in [-0.25, -0.2) is 9.55 Å². The van der Waals surface area contributed by atoms with Crippen LogP contribution in [-0.4, -0.2) is 24.2 Å². The molecule has 4 aromatic rings. The minimum Gasteiger partial charge on any atom is -0.319 e. The summed E-state index contributed by atoms with van der Waals surface area (Å²) in [5.74, 6) is 0. The maximum atomic E-state index is 8.88. The van der Waals surface area contributed by atoms with Crippen molar-refractivity contribution in [3.63, 3.8) is 0 Å². The van der Waals surface area contributed by atoms with Crippen LogP contribution in [0, 0.1) is 6.92 Å². The summed E-state index contributed by atoms with van der Waals surface area (Å²) in [6.45, 7) is 2.19. The lowest BCUT2D eigenvalue weighted by atomic mass is 9.78. The maximum Gasteiger partial charge on any atom is 0.466 e. The molecule has 1 aliphatic carbocycles. The van der Waals surface area contributed by atoms with Gasteiger partial charge in [-0.05, 0) is 40.3 Å².